The van der Waals surface area contributed by atoms with Crippen molar-refractivity contribution in [2.75, 3.05) is 27.4 Å². The van der Waals surface area contributed by atoms with Gasteiger partial charge in [-0.1, -0.05) is 0 Å². The van der Waals surface area contributed by atoms with Gasteiger partial charge >= 0.3 is 0 Å². The van der Waals surface area contributed by atoms with Crippen molar-refractivity contribution in [2.45, 2.75) is 0 Å². The quantitative estimate of drug-likeness (QED) is 0.739. The molecular weight excluding hydrogens is 194 g/mol. The minimum atomic E-state index is 0.0532. The Bertz CT molecular complexity index is 314. The van der Waals surface area contributed by atoms with E-state index in [1.807, 2.05) is 12.1 Å². The van der Waals surface area contributed by atoms with Crippen LogP contribution < -0.4 is 9.47 Å². The maximum absolute atomic E-state index is 8.58. The number of benzene rings is 1. The van der Waals surface area contributed by atoms with Crippen molar-refractivity contribution in [1.29, 1.82) is 0 Å². The molecule has 0 bridgehead atoms. The Morgan fingerprint density at radius 3 is 2.27 bits per heavy atom. The van der Waals surface area contributed by atoms with E-state index in [4.69, 9.17) is 14.6 Å². The fraction of sp³-hybridized carbons (Fsp3) is 0.364. The highest BCUT2D eigenvalue weighted by atomic mass is 16.5. The highest BCUT2D eigenvalue weighted by molar-refractivity contribution is 5.81. The average Bonchev–Trinajstić information content (AvgIpc) is 2.29. The van der Waals surface area contributed by atoms with Crippen LogP contribution in [0.4, 0.5) is 0 Å². The van der Waals surface area contributed by atoms with E-state index in [1.165, 1.54) is 0 Å². The topological polar surface area (TPSA) is 51.0 Å². The summed E-state index contributed by atoms with van der Waals surface area (Å²) in [4.78, 5) is 4.02. The standard InChI is InChI=1S/C11H15NO3/c1-14-10-5-9(8-12-3-4-13)6-11(7-10)15-2/h5-8,13H,3-4H2,1-2H3/b12-8+. The highest BCUT2D eigenvalue weighted by Gasteiger charge is 1.99. The van der Waals surface area contributed by atoms with Gasteiger partial charge < -0.3 is 14.6 Å². The summed E-state index contributed by atoms with van der Waals surface area (Å²) in [6.45, 7) is 0.455. The first kappa shape index (κ1) is 11.5. The van der Waals surface area contributed by atoms with Gasteiger partial charge in [-0.15, -0.1) is 0 Å². The van der Waals surface area contributed by atoms with Crippen LogP contribution in [0.25, 0.3) is 0 Å². The number of aliphatic hydroxyl groups excluding tert-OH is 1. The minimum absolute atomic E-state index is 0.0532. The summed E-state index contributed by atoms with van der Waals surface area (Å²) in [7, 11) is 3.20. The molecule has 0 aliphatic carbocycles. The molecule has 0 aromatic heterocycles. The molecule has 0 aliphatic rings. The van der Waals surface area contributed by atoms with Gasteiger partial charge in [-0.2, -0.15) is 0 Å². The van der Waals surface area contributed by atoms with Crippen molar-refractivity contribution in [3.63, 3.8) is 0 Å². The van der Waals surface area contributed by atoms with Gasteiger partial charge in [0.2, 0.25) is 0 Å². The number of nitrogens with zero attached hydrogens (tertiary/aromatic N) is 1. The van der Waals surface area contributed by atoms with Crippen LogP contribution in [0.3, 0.4) is 0 Å². The number of methoxy groups -OCH3 is 2. The molecule has 1 aromatic carbocycles. The molecule has 0 saturated heterocycles. The number of aliphatic imine (C=N–C) groups is 1. The Morgan fingerprint density at radius 2 is 1.80 bits per heavy atom. The molecule has 0 saturated carbocycles. The van der Waals surface area contributed by atoms with E-state index in [-0.39, 0.29) is 6.61 Å². The molecule has 4 nitrogen and oxygen atoms in total. The second-order valence-corrected chi connectivity index (χ2v) is 2.90. The van der Waals surface area contributed by atoms with E-state index < -0.39 is 0 Å². The summed E-state index contributed by atoms with van der Waals surface area (Å²) in [5.74, 6) is 1.44. The van der Waals surface area contributed by atoms with Gasteiger partial charge in [0.15, 0.2) is 0 Å². The molecule has 1 N–H and O–H groups in total. The predicted octanol–water partition coefficient (Wildman–Crippen LogP) is 1.11. The minimum Gasteiger partial charge on any atom is -0.497 e. The van der Waals surface area contributed by atoms with Crippen LogP contribution in [-0.4, -0.2) is 38.7 Å². The van der Waals surface area contributed by atoms with Crippen molar-refractivity contribution >= 4 is 6.21 Å². The van der Waals surface area contributed by atoms with Crippen molar-refractivity contribution in [2.24, 2.45) is 4.99 Å². The number of hydrogen-bond acceptors (Lipinski definition) is 4. The Morgan fingerprint density at radius 1 is 1.20 bits per heavy atom. The number of ether oxygens (including phenoxy) is 2. The molecule has 82 valence electrons. The molecule has 0 unspecified atom stereocenters. The molecule has 1 rings (SSSR count). The number of rotatable bonds is 5. The van der Waals surface area contributed by atoms with Crippen LogP contribution >= 0.6 is 0 Å². The number of aliphatic hydroxyl groups is 1. The molecule has 0 spiro atoms. The monoisotopic (exact) mass is 209 g/mol. The van der Waals surface area contributed by atoms with Crippen LogP contribution in [0.2, 0.25) is 0 Å². The van der Waals surface area contributed by atoms with Gasteiger partial charge in [-0.3, -0.25) is 4.99 Å². The van der Waals surface area contributed by atoms with E-state index in [9.17, 15) is 0 Å². The second-order valence-electron chi connectivity index (χ2n) is 2.90. The van der Waals surface area contributed by atoms with E-state index >= 15 is 0 Å². The Kier molecular flexibility index (Phi) is 4.63. The van der Waals surface area contributed by atoms with Gasteiger partial charge in [0.1, 0.15) is 11.5 Å². The van der Waals surface area contributed by atoms with Crippen molar-refractivity contribution in [3.8, 4) is 11.5 Å². The van der Waals surface area contributed by atoms with Crippen molar-refractivity contribution < 1.29 is 14.6 Å². The third-order valence-corrected chi connectivity index (χ3v) is 1.84. The molecule has 0 heterocycles. The maximum Gasteiger partial charge on any atom is 0.123 e. The van der Waals surface area contributed by atoms with Crippen LogP contribution in [0, 0.1) is 0 Å². The smallest absolute Gasteiger partial charge is 0.123 e. The molecule has 0 amide bonds. The lowest BCUT2D eigenvalue weighted by molar-refractivity contribution is 0.307. The van der Waals surface area contributed by atoms with Crippen LogP contribution in [0.15, 0.2) is 23.2 Å². The predicted molar refractivity (Wildman–Crippen MR) is 59.1 cm³/mol. The largest absolute Gasteiger partial charge is 0.497 e. The Hall–Kier alpha value is -1.55. The third kappa shape index (κ3) is 3.59. The second kappa shape index (κ2) is 6.03. The summed E-state index contributed by atoms with van der Waals surface area (Å²) in [5.41, 5.74) is 0.889. The highest BCUT2D eigenvalue weighted by Crippen LogP contribution is 2.21. The van der Waals surface area contributed by atoms with Crippen LogP contribution in [0.1, 0.15) is 5.56 Å². The molecule has 0 atom stereocenters. The zero-order chi connectivity index (χ0) is 11.1. The Labute approximate surface area is 89.2 Å². The summed E-state index contributed by atoms with van der Waals surface area (Å²) >= 11 is 0. The van der Waals surface area contributed by atoms with Gasteiger partial charge in [0.05, 0.1) is 27.4 Å². The first-order chi connectivity index (χ1) is 7.30. The van der Waals surface area contributed by atoms with Gasteiger partial charge in [0.25, 0.3) is 0 Å². The maximum atomic E-state index is 8.58. The molecule has 15 heavy (non-hydrogen) atoms. The molecule has 0 radical (unpaired) electrons. The fourth-order valence-corrected chi connectivity index (χ4v) is 1.13. The third-order valence-electron chi connectivity index (χ3n) is 1.84. The SMILES string of the molecule is COc1cc(/C=N/CCO)cc(OC)c1. The zero-order valence-corrected chi connectivity index (χ0v) is 8.93. The molecule has 0 fully saturated rings. The normalized spacial score (nSPS) is 10.6. The summed E-state index contributed by atoms with van der Waals surface area (Å²) in [6.07, 6.45) is 1.68. The Balaban J connectivity index is 2.86. The van der Waals surface area contributed by atoms with Crippen LogP contribution in [0.5, 0.6) is 11.5 Å². The number of hydrogen-bond donors (Lipinski definition) is 1. The van der Waals surface area contributed by atoms with Gasteiger partial charge in [0, 0.05) is 12.3 Å². The van der Waals surface area contributed by atoms with E-state index in [2.05, 4.69) is 4.99 Å². The lowest BCUT2D eigenvalue weighted by Gasteiger charge is -2.05. The first-order valence-electron chi connectivity index (χ1n) is 4.64. The van der Waals surface area contributed by atoms with Gasteiger partial charge in [-0.05, 0) is 17.7 Å². The van der Waals surface area contributed by atoms with E-state index in [1.54, 1.807) is 26.5 Å². The first-order valence-corrected chi connectivity index (χ1v) is 4.64. The summed E-state index contributed by atoms with van der Waals surface area (Å²) in [5, 5.41) is 8.58. The molecule has 0 aliphatic heterocycles. The average molecular weight is 209 g/mol. The molecule has 4 heteroatoms. The lowest BCUT2D eigenvalue weighted by Crippen LogP contribution is -1.92. The van der Waals surface area contributed by atoms with E-state index in [0.29, 0.717) is 6.54 Å². The van der Waals surface area contributed by atoms with Gasteiger partial charge in [-0.25, -0.2) is 0 Å². The summed E-state index contributed by atoms with van der Waals surface area (Å²) in [6, 6.07) is 5.50. The van der Waals surface area contributed by atoms with Crippen molar-refractivity contribution in [3.05, 3.63) is 23.8 Å². The van der Waals surface area contributed by atoms with Crippen molar-refractivity contribution in [1.82, 2.24) is 0 Å². The lowest BCUT2D eigenvalue weighted by atomic mass is 10.2. The van der Waals surface area contributed by atoms with E-state index in [0.717, 1.165) is 17.1 Å². The molecular formula is C11H15NO3. The summed E-state index contributed by atoms with van der Waals surface area (Å²) < 4.78 is 10.2. The molecule has 1 aromatic rings. The van der Waals surface area contributed by atoms with Crippen LogP contribution in [-0.2, 0) is 0 Å². The zero-order valence-electron chi connectivity index (χ0n) is 8.93. The fourth-order valence-electron chi connectivity index (χ4n) is 1.13.